The van der Waals surface area contributed by atoms with Gasteiger partial charge in [0.25, 0.3) is 0 Å². The molecule has 0 saturated carbocycles. The molecule has 1 heterocycles. The summed E-state index contributed by atoms with van der Waals surface area (Å²) in [6, 6.07) is 16.0. The third-order valence-electron chi connectivity index (χ3n) is 4.11. The van der Waals surface area contributed by atoms with Crippen LogP contribution in [0.3, 0.4) is 0 Å². The zero-order valence-electron chi connectivity index (χ0n) is 11.9. The molecule has 1 atom stereocenters. The standard InChI is InChI=1S/C18H21N/c1-12(2)14-8-9-17-15(10-14)11-18(19-17)16-7-5-4-6-13(16)3/h4-10,12,18-19H,11H2,1-3H3. The molecule has 3 rings (SSSR count). The fraction of sp³-hybridized carbons (Fsp3) is 0.333. The van der Waals surface area contributed by atoms with Gasteiger partial charge in [0.1, 0.15) is 0 Å². The van der Waals surface area contributed by atoms with E-state index < -0.39 is 0 Å². The SMILES string of the molecule is Cc1ccccc1C1Cc2cc(C(C)C)ccc2N1. The highest BCUT2D eigenvalue weighted by Crippen LogP contribution is 2.36. The molecule has 98 valence electrons. The number of anilines is 1. The Morgan fingerprint density at radius 1 is 1.11 bits per heavy atom. The summed E-state index contributed by atoms with van der Waals surface area (Å²) >= 11 is 0. The minimum Gasteiger partial charge on any atom is -0.378 e. The molecule has 2 aromatic rings. The van der Waals surface area contributed by atoms with Gasteiger partial charge in [0, 0.05) is 5.69 Å². The molecule has 0 bridgehead atoms. The van der Waals surface area contributed by atoms with Crippen molar-refractivity contribution in [3.05, 3.63) is 64.7 Å². The van der Waals surface area contributed by atoms with Gasteiger partial charge in [0.15, 0.2) is 0 Å². The van der Waals surface area contributed by atoms with Crippen LogP contribution in [0, 0.1) is 6.92 Å². The highest BCUT2D eigenvalue weighted by Gasteiger charge is 2.23. The van der Waals surface area contributed by atoms with Crippen LogP contribution in [0.5, 0.6) is 0 Å². The number of rotatable bonds is 2. The lowest BCUT2D eigenvalue weighted by Crippen LogP contribution is -2.07. The van der Waals surface area contributed by atoms with Gasteiger partial charge in [-0.05, 0) is 47.6 Å². The van der Waals surface area contributed by atoms with Crippen LogP contribution < -0.4 is 5.32 Å². The molecular formula is C18H21N. The van der Waals surface area contributed by atoms with E-state index in [-0.39, 0.29) is 0 Å². The molecule has 0 spiro atoms. The van der Waals surface area contributed by atoms with Crippen molar-refractivity contribution in [2.45, 2.75) is 39.2 Å². The first kappa shape index (κ1) is 12.3. The lowest BCUT2D eigenvalue weighted by atomic mass is 9.96. The summed E-state index contributed by atoms with van der Waals surface area (Å²) in [6.07, 6.45) is 1.10. The highest BCUT2D eigenvalue weighted by atomic mass is 14.9. The van der Waals surface area contributed by atoms with Gasteiger partial charge >= 0.3 is 0 Å². The Morgan fingerprint density at radius 2 is 1.89 bits per heavy atom. The molecular weight excluding hydrogens is 230 g/mol. The first-order chi connectivity index (χ1) is 9.15. The Labute approximate surface area is 115 Å². The zero-order chi connectivity index (χ0) is 13.4. The Balaban J connectivity index is 1.90. The van der Waals surface area contributed by atoms with E-state index in [1.807, 2.05) is 0 Å². The first-order valence-corrected chi connectivity index (χ1v) is 7.10. The molecule has 1 nitrogen and oxygen atoms in total. The summed E-state index contributed by atoms with van der Waals surface area (Å²) in [7, 11) is 0. The Morgan fingerprint density at radius 3 is 2.63 bits per heavy atom. The summed E-state index contributed by atoms with van der Waals surface area (Å²) in [5.41, 5.74) is 6.99. The van der Waals surface area contributed by atoms with Crippen LogP contribution >= 0.6 is 0 Å². The molecule has 0 aromatic heterocycles. The number of hydrogen-bond donors (Lipinski definition) is 1. The lowest BCUT2D eigenvalue weighted by molar-refractivity contribution is 0.812. The normalized spacial score (nSPS) is 17.4. The van der Waals surface area contributed by atoms with Crippen molar-refractivity contribution in [1.29, 1.82) is 0 Å². The largest absolute Gasteiger partial charge is 0.378 e. The quantitative estimate of drug-likeness (QED) is 0.806. The fourth-order valence-corrected chi connectivity index (χ4v) is 2.91. The molecule has 1 unspecified atom stereocenters. The van der Waals surface area contributed by atoms with Crippen molar-refractivity contribution in [2.24, 2.45) is 0 Å². The maximum absolute atomic E-state index is 3.66. The first-order valence-electron chi connectivity index (χ1n) is 7.10. The van der Waals surface area contributed by atoms with Crippen molar-refractivity contribution in [3.8, 4) is 0 Å². The second kappa shape index (κ2) is 4.73. The van der Waals surface area contributed by atoms with Gasteiger partial charge in [-0.2, -0.15) is 0 Å². The molecule has 0 saturated heterocycles. The van der Waals surface area contributed by atoms with Crippen LogP contribution in [0.2, 0.25) is 0 Å². The smallest absolute Gasteiger partial charge is 0.0557 e. The van der Waals surface area contributed by atoms with Gasteiger partial charge in [-0.3, -0.25) is 0 Å². The van der Waals surface area contributed by atoms with Gasteiger partial charge in [-0.15, -0.1) is 0 Å². The summed E-state index contributed by atoms with van der Waals surface area (Å²) < 4.78 is 0. The number of hydrogen-bond acceptors (Lipinski definition) is 1. The molecule has 2 aromatic carbocycles. The predicted molar refractivity (Wildman–Crippen MR) is 81.8 cm³/mol. The minimum atomic E-state index is 0.429. The van der Waals surface area contributed by atoms with Crippen molar-refractivity contribution >= 4 is 5.69 Å². The van der Waals surface area contributed by atoms with Crippen LogP contribution in [0.1, 0.15) is 48.1 Å². The van der Waals surface area contributed by atoms with Crippen LogP contribution in [0.4, 0.5) is 5.69 Å². The van der Waals surface area contributed by atoms with E-state index in [1.165, 1.54) is 27.9 Å². The highest BCUT2D eigenvalue weighted by molar-refractivity contribution is 5.60. The van der Waals surface area contributed by atoms with Crippen LogP contribution in [0.15, 0.2) is 42.5 Å². The molecule has 1 aliphatic heterocycles. The summed E-state index contributed by atoms with van der Waals surface area (Å²) in [5.74, 6) is 0.600. The van der Waals surface area contributed by atoms with E-state index in [4.69, 9.17) is 0 Å². The van der Waals surface area contributed by atoms with E-state index in [0.717, 1.165) is 6.42 Å². The third kappa shape index (κ3) is 2.25. The summed E-state index contributed by atoms with van der Waals surface area (Å²) in [4.78, 5) is 0. The van der Waals surface area contributed by atoms with Gasteiger partial charge in [-0.1, -0.05) is 50.2 Å². The van der Waals surface area contributed by atoms with Crippen LogP contribution in [0.25, 0.3) is 0 Å². The zero-order valence-corrected chi connectivity index (χ0v) is 11.9. The molecule has 1 heteroatoms. The second-order valence-corrected chi connectivity index (χ2v) is 5.83. The van der Waals surface area contributed by atoms with E-state index in [1.54, 1.807) is 0 Å². The second-order valence-electron chi connectivity index (χ2n) is 5.83. The average molecular weight is 251 g/mol. The topological polar surface area (TPSA) is 12.0 Å². The molecule has 1 aliphatic rings. The lowest BCUT2D eigenvalue weighted by Gasteiger charge is -2.14. The molecule has 0 fully saturated rings. The number of fused-ring (bicyclic) bond motifs is 1. The third-order valence-corrected chi connectivity index (χ3v) is 4.11. The van der Waals surface area contributed by atoms with E-state index in [9.17, 15) is 0 Å². The summed E-state index contributed by atoms with van der Waals surface area (Å²) in [6.45, 7) is 6.70. The van der Waals surface area contributed by atoms with Gasteiger partial charge in [0.2, 0.25) is 0 Å². The Kier molecular flexibility index (Phi) is 3.06. The van der Waals surface area contributed by atoms with Crippen LogP contribution in [-0.4, -0.2) is 0 Å². The molecule has 1 N–H and O–H groups in total. The predicted octanol–water partition coefficient (Wildman–Crippen LogP) is 4.83. The van der Waals surface area contributed by atoms with E-state index in [0.29, 0.717) is 12.0 Å². The fourth-order valence-electron chi connectivity index (χ4n) is 2.91. The van der Waals surface area contributed by atoms with Gasteiger partial charge in [-0.25, -0.2) is 0 Å². The van der Waals surface area contributed by atoms with Crippen molar-refractivity contribution < 1.29 is 0 Å². The molecule has 19 heavy (non-hydrogen) atoms. The monoisotopic (exact) mass is 251 g/mol. The maximum Gasteiger partial charge on any atom is 0.0557 e. The van der Waals surface area contributed by atoms with Crippen LogP contribution in [-0.2, 0) is 6.42 Å². The maximum atomic E-state index is 3.66. The molecule has 0 aliphatic carbocycles. The average Bonchev–Trinajstić information content (AvgIpc) is 2.81. The minimum absolute atomic E-state index is 0.429. The van der Waals surface area contributed by atoms with E-state index >= 15 is 0 Å². The van der Waals surface area contributed by atoms with Crippen molar-refractivity contribution in [1.82, 2.24) is 0 Å². The van der Waals surface area contributed by atoms with Gasteiger partial charge in [0.05, 0.1) is 6.04 Å². The molecule has 0 amide bonds. The number of nitrogens with one attached hydrogen (secondary N) is 1. The Bertz CT molecular complexity index is 598. The molecule has 0 radical (unpaired) electrons. The number of benzene rings is 2. The van der Waals surface area contributed by atoms with Gasteiger partial charge < -0.3 is 5.32 Å². The van der Waals surface area contributed by atoms with Crippen molar-refractivity contribution in [2.75, 3.05) is 5.32 Å². The Hall–Kier alpha value is -1.76. The summed E-state index contributed by atoms with van der Waals surface area (Å²) in [5, 5.41) is 3.66. The number of aryl methyl sites for hydroxylation is 1. The van der Waals surface area contributed by atoms with E-state index in [2.05, 4.69) is 68.6 Å². The van der Waals surface area contributed by atoms with Crippen molar-refractivity contribution in [3.63, 3.8) is 0 Å².